The van der Waals surface area contributed by atoms with Crippen molar-refractivity contribution in [3.05, 3.63) is 0 Å². The van der Waals surface area contributed by atoms with E-state index >= 15 is 0 Å². The van der Waals surface area contributed by atoms with E-state index in [2.05, 4.69) is 0 Å². The number of hydrogen-bond acceptors (Lipinski definition) is 0. The summed E-state index contributed by atoms with van der Waals surface area (Å²) in [5.74, 6) is -1.35. The molecule has 2 aliphatic rings. The molecule has 0 bridgehead atoms. The highest BCUT2D eigenvalue weighted by molar-refractivity contribution is 4.86. The maximum atomic E-state index is 13.0. The third-order valence-electron chi connectivity index (χ3n) is 3.51. The van der Waals surface area contributed by atoms with Gasteiger partial charge in [-0.1, -0.05) is 19.3 Å². The zero-order valence-electron chi connectivity index (χ0n) is 7.36. The van der Waals surface area contributed by atoms with Crippen molar-refractivity contribution in [1.29, 1.82) is 0 Å². The van der Waals surface area contributed by atoms with Gasteiger partial charge in [0.25, 0.3) is 0 Å². The van der Waals surface area contributed by atoms with Crippen molar-refractivity contribution < 1.29 is 8.78 Å². The van der Waals surface area contributed by atoms with Crippen molar-refractivity contribution in [1.82, 2.24) is 0 Å². The van der Waals surface area contributed by atoms with Gasteiger partial charge in [-0.15, -0.1) is 0 Å². The molecule has 0 N–H and O–H groups in total. The van der Waals surface area contributed by atoms with Gasteiger partial charge in [0, 0.05) is 12.8 Å². The summed E-state index contributed by atoms with van der Waals surface area (Å²) in [4.78, 5) is 0. The molecule has 0 aromatic rings. The largest absolute Gasteiger partial charge is 0.248 e. The van der Waals surface area contributed by atoms with Crippen LogP contribution in [0, 0.1) is 11.8 Å². The van der Waals surface area contributed by atoms with Crippen LogP contribution in [0.2, 0.25) is 0 Å². The van der Waals surface area contributed by atoms with Crippen molar-refractivity contribution >= 4 is 0 Å². The fourth-order valence-corrected chi connectivity index (χ4v) is 2.82. The molecule has 2 fully saturated rings. The first-order valence-corrected chi connectivity index (χ1v) is 5.05. The molecular weight excluding hydrogens is 158 g/mol. The fourth-order valence-electron chi connectivity index (χ4n) is 2.82. The quantitative estimate of drug-likeness (QED) is 0.526. The van der Waals surface area contributed by atoms with E-state index in [-0.39, 0.29) is 12.8 Å². The van der Waals surface area contributed by atoms with Crippen LogP contribution < -0.4 is 0 Å². The minimum atomic E-state index is -2.33. The van der Waals surface area contributed by atoms with Crippen molar-refractivity contribution in [2.75, 3.05) is 0 Å². The van der Waals surface area contributed by atoms with Crippen molar-refractivity contribution in [2.45, 2.75) is 50.9 Å². The zero-order valence-corrected chi connectivity index (χ0v) is 7.36. The Bertz CT molecular complexity index is 165. The smallest absolute Gasteiger partial charge is 0.207 e. The number of hydrogen-bond donors (Lipinski definition) is 0. The minimum absolute atomic E-state index is 0.147. The van der Waals surface area contributed by atoms with Gasteiger partial charge in [-0.2, -0.15) is 0 Å². The maximum absolute atomic E-state index is 13.0. The Labute approximate surface area is 72.3 Å². The summed E-state index contributed by atoms with van der Waals surface area (Å²) in [5.41, 5.74) is 0. The molecule has 0 aliphatic heterocycles. The van der Waals surface area contributed by atoms with Crippen LogP contribution in [-0.2, 0) is 0 Å². The molecule has 0 heterocycles. The molecule has 70 valence electrons. The van der Waals surface area contributed by atoms with Gasteiger partial charge in [-0.3, -0.25) is 0 Å². The van der Waals surface area contributed by atoms with Gasteiger partial charge in [0.2, 0.25) is 5.92 Å². The van der Waals surface area contributed by atoms with Gasteiger partial charge >= 0.3 is 0 Å². The van der Waals surface area contributed by atoms with Crippen molar-refractivity contribution in [2.24, 2.45) is 11.8 Å². The Morgan fingerprint density at radius 1 is 0.917 bits per heavy atom. The summed E-state index contributed by atoms with van der Waals surface area (Å²) >= 11 is 0. The van der Waals surface area contributed by atoms with E-state index in [0.29, 0.717) is 11.8 Å². The van der Waals surface area contributed by atoms with Gasteiger partial charge in [0.05, 0.1) is 0 Å². The third kappa shape index (κ3) is 1.62. The Balaban J connectivity index is 1.99. The molecule has 0 unspecified atom stereocenters. The highest BCUT2D eigenvalue weighted by atomic mass is 19.3. The van der Waals surface area contributed by atoms with Crippen LogP contribution in [0.4, 0.5) is 8.78 Å². The molecule has 0 nitrogen and oxygen atoms in total. The molecule has 12 heavy (non-hydrogen) atoms. The molecular formula is C10H16F2. The van der Waals surface area contributed by atoms with E-state index in [4.69, 9.17) is 0 Å². The molecule has 2 saturated carbocycles. The molecule has 0 aromatic heterocycles. The van der Waals surface area contributed by atoms with E-state index < -0.39 is 5.92 Å². The van der Waals surface area contributed by atoms with Gasteiger partial charge in [-0.05, 0) is 24.7 Å². The van der Waals surface area contributed by atoms with E-state index in [9.17, 15) is 8.78 Å². The molecule has 0 aromatic carbocycles. The molecule has 2 atom stereocenters. The van der Waals surface area contributed by atoms with E-state index in [1.807, 2.05) is 0 Å². The number of halogens is 2. The summed E-state index contributed by atoms with van der Waals surface area (Å²) in [7, 11) is 0. The summed E-state index contributed by atoms with van der Waals surface area (Å²) in [6.45, 7) is 0. The fraction of sp³-hybridized carbons (Fsp3) is 1.00. The van der Waals surface area contributed by atoms with Crippen LogP contribution >= 0.6 is 0 Å². The lowest BCUT2D eigenvalue weighted by molar-refractivity contribution is -0.0771. The lowest BCUT2D eigenvalue weighted by atomic mass is 9.70. The van der Waals surface area contributed by atoms with Gasteiger partial charge < -0.3 is 0 Å². The molecule has 2 rings (SSSR count). The summed E-state index contributed by atoms with van der Waals surface area (Å²) in [5, 5.41) is 0. The second-order valence-corrected chi connectivity index (χ2v) is 4.40. The summed E-state index contributed by atoms with van der Waals surface area (Å²) < 4.78 is 26.0. The Hall–Kier alpha value is -0.140. The predicted molar refractivity (Wildman–Crippen MR) is 44.2 cm³/mol. The average Bonchev–Trinajstić information content (AvgIpc) is 2.02. The first kappa shape index (κ1) is 8.46. The van der Waals surface area contributed by atoms with Crippen molar-refractivity contribution in [3.8, 4) is 0 Å². The van der Waals surface area contributed by atoms with Crippen molar-refractivity contribution in [3.63, 3.8) is 0 Å². The summed E-state index contributed by atoms with van der Waals surface area (Å²) in [6, 6.07) is 0. The predicted octanol–water partition coefficient (Wildman–Crippen LogP) is 3.61. The minimum Gasteiger partial charge on any atom is -0.207 e. The molecule has 0 radical (unpaired) electrons. The standard InChI is InChI=1S/C10H16F2/c11-10(12)6-5-8-3-1-2-4-9(8)7-10/h8-9H,1-7H2/t8-,9-/m1/s1. The van der Waals surface area contributed by atoms with Gasteiger partial charge in [0.15, 0.2) is 0 Å². The van der Waals surface area contributed by atoms with Gasteiger partial charge in [0.1, 0.15) is 0 Å². The zero-order chi connectivity index (χ0) is 8.60. The Kier molecular flexibility index (Phi) is 2.09. The Morgan fingerprint density at radius 2 is 1.58 bits per heavy atom. The van der Waals surface area contributed by atoms with Crippen LogP contribution in [0.5, 0.6) is 0 Å². The summed E-state index contributed by atoms with van der Waals surface area (Å²) in [6.07, 6.45) is 5.81. The maximum Gasteiger partial charge on any atom is 0.248 e. The monoisotopic (exact) mass is 174 g/mol. The average molecular weight is 174 g/mol. The van der Waals surface area contributed by atoms with E-state index in [0.717, 1.165) is 12.8 Å². The van der Waals surface area contributed by atoms with E-state index in [1.54, 1.807) is 0 Å². The van der Waals surface area contributed by atoms with Crippen LogP contribution in [0.3, 0.4) is 0 Å². The van der Waals surface area contributed by atoms with Crippen LogP contribution in [0.25, 0.3) is 0 Å². The van der Waals surface area contributed by atoms with Crippen LogP contribution in [0.15, 0.2) is 0 Å². The lowest BCUT2D eigenvalue weighted by Crippen LogP contribution is -2.34. The molecule has 0 spiro atoms. The molecule has 0 amide bonds. The topological polar surface area (TPSA) is 0 Å². The highest BCUT2D eigenvalue weighted by Gasteiger charge is 2.41. The van der Waals surface area contributed by atoms with Crippen LogP contribution in [0.1, 0.15) is 44.9 Å². The molecule has 0 saturated heterocycles. The third-order valence-corrected chi connectivity index (χ3v) is 3.51. The lowest BCUT2D eigenvalue weighted by Gasteiger charge is -2.39. The SMILES string of the molecule is FC1(F)CC[C@H]2CCCC[C@@H]2C1. The number of alkyl halides is 2. The molecule has 2 aliphatic carbocycles. The highest BCUT2D eigenvalue weighted by Crippen LogP contribution is 2.46. The van der Waals surface area contributed by atoms with Crippen LogP contribution in [-0.4, -0.2) is 5.92 Å². The molecule has 2 heteroatoms. The second-order valence-electron chi connectivity index (χ2n) is 4.40. The Morgan fingerprint density at radius 3 is 2.33 bits per heavy atom. The number of rotatable bonds is 0. The first-order chi connectivity index (χ1) is 5.67. The first-order valence-electron chi connectivity index (χ1n) is 5.05. The van der Waals surface area contributed by atoms with E-state index in [1.165, 1.54) is 19.3 Å². The number of fused-ring (bicyclic) bond motifs is 1. The normalized spacial score (nSPS) is 40.5. The second kappa shape index (κ2) is 2.97. The van der Waals surface area contributed by atoms with Gasteiger partial charge in [-0.25, -0.2) is 8.78 Å².